The zero-order chi connectivity index (χ0) is 17.5. The molecule has 2 rings (SSSR count). The van der Waals surface area contributed by atoms with Crippen LogP contribution in [0.5, 0.6) is 0 Å². The van der Waals surface area contributed by atoms with Crippen LogP contribution in [0.3, 0.4) is 0 Å². The quantitative estimate of drug-likeness (QED) is 0.777. The number of benzene rings is 1. The minimum Gasteiger partial charge on any atom is -0.326 e. The summed E-state index contributed by atoms with van der Waals surface area (Å²) in [6.07, 6.45) is 4.42. The number of carbonyl (C=O) groups excluding carboxylic acids is 1. The van der Waals surface area contributed by atoms with Crippen LogP contribution in [0.2, 0.25) is 0 Å². The van der Waals surface area contributed by atoms with Crippen LogP contribution < -0.4 is 5.32 Å². The first-order valence-corrected chi connectivity index (χ1v) is 8.99. The van der Waals surface area contributed by atoms with Crippen molar-refractivity contribution in [3.63, 3.8) is 0 Å². The van der Waals surface area contributed by atoms with E-state index in [-0.39, 0.29) is 6.03 Å². The number of nitrogens with zero attached hydrogens (tertiary/aromatic N) is 4. The summed E-state index contributed by atoms with van der Waals surface area (Å²) in [7, 11) is 1.78. The summed E-state index contributed by atoms with van der Waals surface area (Å²) in [5.74, 6) is 0. The third-order valence-corrected chi connectivity index (χ3v) is 5.12. The van der Waals surface area contributed by atoms with Crippen molar-refractivity contribution >= 4 is 23.5 Å². The first kappa shape index (κ1) is 18.3. The fraction of sp³-hybridized carbons (Fsp3) is 0.471. The lowest BCUT2D eigenvalue weighted by Crippen LogP contribution is -2.33. The molecule has 130 valence electrons. The van der Waals surface area contributed by atoms with Crippen LogP contribution in [0.4, 0.5) is 10.5 Å². The molecule has 7 heteroatoms. The number of urea groups is 1. The molecule has 1 aromatic carbocycles. The van der Waals surface area contributed by atoms with E-state index >= 15 is 0 Å². The number of rotatable bonds is 7. The predicted molar refractivity (Wildman–Crippen MR) is 98.5 cm³/mol. The second kappa shape index (κ2) is 8.73. The molecule has 24 heavy (non-hydrogen) atoms. The van der Waals surface area contributed by atoms with E-state index in [1.165, 1.54) is 4.90 Å². The average Bonchev–Trinajstić information content (AvgIpc) is 3.08. The van der Waals surface area contributed by atoms with Gasteiger partial charge in [-0.15, -0.1) is 22.0 Å². The molecule has 0 saturated heterocycles. The average molecular weight is 347 g/mol. The van der Waals surface area contributed by atoms with E-state index in [1.807, 2.05) is 29.3 Å². The molecule has 0 aliphatic rings. The summed E-state index contributed by atoms with van der Waals surface area (Å²) in [4.78, 5) is 15.2. The van der Waals surface area contributed by atoms with Crippen LogP contribution in [0.25, 0.3) is 0 Å². The minimum absolute atomic E-state index is 0.117. The van der Waals surface area contributed by atoms with Gasteiger partial charge >= 0.3 is 6.03 Å². The second-order valence-electron chi connectivity index (χ2n) is 5.86. The number of hydrogen-bond donors (Lipinski definition) is 1. The number of carbonyl (C=O) groups is 1. The molecule has 0 fully saturated rings. The standard InChI is InChI=1S/C17H25N5OS/c1-5-14(3)24-15-6-7-16(13(2)10-15)20-17(23)21(4)8-9-22-11-18-19-12-22/h6-7,10-12,14H,5,8-9H2,1-4H3,(H,20,23)/t14-/m0/s1. The van der Waals surface area contributed by atoms with Gasteiger partial charge in [0.15, 0.2) is 0 Å². The number of amides is 2. The van der Waals surface area contributed by atoms with Gasteiger partial charge in [-0.05, 0) is 37.1 Å². The van der Waals surface area contributed by atoms with Gasteiger partial charge in [0.25, 0.3) is 0 Å². The Kier molecular flexibility index (Phi) is 6.66. The van der Waals surface area contributed by atoms with Gasteiger partial charge < -0.3 is 14.8 Å². The fourth-order valence-corrected chi connectivity index (χ4v) is 3.10. The molecule has 1 aromatic heterocycles. The number of aromatic nitrogens is 3. The minimum atomic E-state index is -0.117. The Hall–Kier alpha value is -2.02. The maximum atomic E-state index is 12.3. The smallest absolute Gasteiger partial charge is 0.321 e. The Bertz CT molecular complexity index is 659. The summed E-state index contributed by atoms with van der Waals surface area (Å²) < 4.78 is 1.84. The lowest BCUT2D eigenvalue weighted by Gasteiger charge is -2.19. The lowest BCUT2D eigenvalue weighted by molar-refractivity contribution is 0.220. The summed E-state index contributed by atoms with van der Waals surface area (Å²) in [6.45, 7) is 7.69. The van der Waals surface area contributed by atoms with Gasteiger partial charge in [-0.1, -0.05) is 13.8 Å². The number of likely N-dealkylation sites (N-methyl/N-ethyl adjacent to an activating group) is 1. The Morgan fingerprint density at radius 2 is 2.08 bits per heavy atom. The first-order valence-electron chi connectivity index (χ1n) is 8.11. The molecule has 2 aromatic rings. The zero-order valence-electron chi connectivity index (χ0n) is 14.7. The molecule has 1 heterocycles. The van der Waals surface area contributed by atoms with E-state index < -0.39 is 0 Å². The van der Waals surface area contributed by atoms with E-state index in [2.05, 4.69) is 41.5 Å². The van der Waals surface area contributed by atoms with Crippen molar-refractivity contribution in [3.8, 4) is 0 Å². The van der Waals surface area contributed by atoms with Crippen LogP contribution in [-0.2, 0) is 6.54 Å². The number of thioether (sulfide) groups is 1. The zero-order valence-corrected chi connectivity index (χ0v) is 15.5. The van der Waals surface area contributed by atoms with E-state index in [0.29, 0.717) is 18.3 Å². The van der Waals surface area contributed by atoms with Crippen molar-refractivity contribution in [1.29, 1.82) is 0 Å². The molecule has 0 saturated carbocycles. The van der Waals surface area contributed by atoms with Crippen molar-refractivity contribution in [2.45, 2.75) is 43.9 Å². The highest BCUT2D eigenvalue weighted by molar-refractivity contribution is 7.99. The van der Waals surface area contributed by atoms with E-state index in [1.54, 1.807) is 24.6 Å². The third-order valence-electron chi connectivity index (χ3n) is 3.86. The van der Waals surface area contributed by atoms with E-state index in [0.717, 1.165) is 17.7 Å². The molecule has 1 atom stereocenters. The molecule has 0 aliphatic heterocycles. The van der Waals surface area contributed by atoms with Gasteiger partial charge in [-0.25, -0.2) is 4.79 Å². The third kappa shape index (κ3) is 5.26. The Morgan fingerprint density at radius 3 is 2.71 bits per heavy atom. The van der Waals surface area contributed by atoms with E-state index in [9.17, 15) is 4.79 Å². The van der Waals surface area contributed by atoms with Gasteiger partial charge in [-0.2, -0.15) is 0 Å². The largest absolute Gasteiger partial charge is 0.326 e. The normalized spacial score (nSPS) is 12.0. The van der Waals surface area contributed by atoms with Crippen LogP contribution >= 0.6 is 11.8 Å². The maximum absolute atomic E-state index is 12.3. The van der Waals surface area contributed by atoms with Crippen molar-refractivity contribution in [2.75, 3.05) is 18.9 Å². The Labute approximate surface area is 147 Å². The fourth-order valence-electron chi connectivity index (χ4n) is 2.08. The Morgan fingerprint density at radius 1 is 1.38 bits per heavy atom. The molecular formula is C17H25N5OS. The predicted octanol–water partition coefficient (Wildman–Crippen LogP) is 3.64. The van der Waals surface area contributed by atoms with Crippen LogP contribution in [-0.4, -0.2) is 44.5 Å². The van der Waals surface area contributed by atoms with Gasteiger partial charge in [-0.3, -0.25) is 0 Å². The van der Waals surface area contributed by atoms with Crippen LogP contribution in [0, 0.1) is 6.92 Å². The number of anilines is 1. The summed E-state index contributed by atoms with van der Waals surface area (Å²) in [5, 5.41) is 11.1. The number of hydrogen-bond acceptors (Lipinski definition) is 4. The molecule has 0 radical (unpaired) electrons. The van der Waals surface area contributed by atoms with Crippen molar-refractivity contribution in [2.24, 2.45) is 0 Å². The van der Waals surface area contributed by atoms with E-state index in [4.69, 9.17) is 0 Å². The van der Waals surface area contributed by atoms with Crippen molar-refractivity contribution in [1.82, 2.24) is 19.7 Å². The van der Waals surface area contributed by atoms with Gasteiger partial charge in [0.1, 0.15) is 12.7 Å². The molecule has 2 amide bonds. The lowest BCUT2D eigenvalue weighted by atomic mass is 10.2. The highest BCUT2D eigenvalue weighted by Crippen LogP contribution is 2.28. The SMILES string of the molecule is CC[C@H](C)Sc1ccc(NC(=O)N(C)CCn2cnnc2)c(C)c1. The molecule has 0 unspecified atom stereocenters. The van der Waals surface area contributed by atoms with Crippen molar-refractivity contribution < 1.29 is 4.79 Å². The van der Waals surface area contributed by atoms with Gasteiger partial charge in [0.05, 0.1) is 0 Å². The first-order chi connectivity index (χ1) is 11.5. The van der Waals surface area contributed by atoms with Crippen molar-refractivity contribution in [3.05, 3.63) is 36.4 Å². The molecule has 0 spiro atoms. The molecule has 0 bridgehead atoms. The number of nitrogens with one attached hydrogen (secondary N) is 1. The monoisotopic (exact) mass is 347 g/mol. The maximum Gasteiger partial charge on any atom is 0.321 e. The topological polar surface area (TPSA) is 63.1 Å². The molecule has 6 nitrogen and oxygen atoms in total. The molecule has 1 N–H and O–H groups in total. The van der Waals surface area contributed by atoms with Crippen LogP contribution in [0.15, 0.2) is 35.7 Å². The molecular weight excluding hydrogens is 322 g/mol. The summed E-state index contributed by atoms with van der Waals surface area (Å²) in [5.41, 5.74) is 1.92. The Balaban J connectivity index is 1.90. The summed E-state index contributed by atoms with van der Waals surface area (Å²) >= 11 is 1.86. The summed E-state index contributed by atoms with van der Waals surface area (Å²) in [6, 6.07) is 6.06. The second-order valence-corrected chi connectivity index (χ2v) is 7.38. The molecule has 0 aliphatic carbocycles. The van der Waals surface area contributed by atoms with Crippen LogP contribution in [0.1, 0.15) is 25.8 Å². The van der Waals surface area contributed by atoms with Gasteiger partial charge in [0.2, 0.25) is 0 Å². The highest BCUT2D eigenvalue weighted by atomic mass is 32.2. The van der Waals surface area contributed by atoms with Gasteiger partial charge in [0, 0.05) is 36.0 Å². The highest BCUT2D eigenvalue weighted by Gasteiger charge is 2.11. The number of aryl methyl sites for hydroxylation is 1.